The Bertz CT molecular complexity index is 528. The molecule has 0 aromatic carbocycles. The fraction of sp³-hybridized carbons (Fsp3) is 0.545. The Morgan fingerprint density at radius 2 is 2.05 bits per heavy atom. The van der Waals surface area contributed by atoms with Gasteiger partial charge in [-0.2, -0.15) is 24.7 Å². The standard InChI is InChI=1S/C11H18N8/c1-11(2,3)4-5-14-9-16-8(12)17-10(18-9)19-7-13-6-15-19/h6-7H,4-5H2,1-3H3,(H3,12,14,16,17,18). The lowest BCUT2D eigenvalue weighted by atomic mass is 9.92. The summed E-state index contributed by atoms with van der Waals surface area (Å²) in [6, 6.07) is 0. The van der Waals surface area contributed by atoms with Crippen molar-refractivity contribution in [3.63, 3.8) is 0 Å². The van der Waals surface area contributed by atoms with E-state index in [0.29, 0.717) is 11.9 Å². The lowest BCUT2D eigenvalue weighted by molar-refractivity contribution is 0.389. The Balaban J connectivity index is 2.09. The van der Waals surface area contributed by atoms with Crippen LogP contribution in [0, 0.1) is 5.41 Å². The third-order valence-corrected chi connectivity index (χ3v) is 2.42. The van der Waals surface area contributed by atoms with Gasteiger partial charge >= 0.3 is 0 Å². The molecule has 2 aromatic heterocycles. The van der Waals surface area contributed by atoms with Crippen LogP contribution in [0.15, 0.2) is 12.7 Å². The molecule has 0 bridgehead atoms. The maximum Gasteiger partial charge on any atom is 0.258 e. The SMILES string of the molecule is CC(C)(C)CCNc1nc(N)nc(-n2cncn2)n1. The molecule has 8 heteroatoms. The van der Waals surface area contributed by atoms with E-state index in [-0.39, 0.29) is 11.4 Å². The number of aromatic nitrogens is 6. The largest absolute Gasteiger partial charge is 0.368 e. The summed E-state index contributed by atoms with van der Waals surface area (Å²) in [5.41, 5.74) is 5.91. The van der Waals surface area contributed by atoms with Gasteiger partial charge in [-0.05, 0) is 11.8 Å². The quantitative estimate of drug-likeness (QED) is 0.842. The van der Waals surface area contributed by atoms with Crippen molar-refractivity contribution in [1.82, 2.24) is 29.7 Å². The van der Waals surface area contributed by atoms with Gasteiger partial charge in [0, 0.05) is 6.54 Å². The van der Waals surface area contributed by atoms with Gasteiger partial charge in [0.2, 0.25) is 11.9 Å². The Labute approximate surface area is 111 Å². The maximum atomic E-state index is 5.66. The van der Waals surface area contributed by atoms with E-state index in [2.05, 4.69) is 51.1 Å². The van der Waals surface area contributed by atoms with Gasteiger partial charge in [-0.1, -0.05) is 20.8 Å². The van der Waals surface area contributed by atoms with Gasteiger partial charge in [-0.25, -0.2) is 4.98 Å². The summed E-state index contributed by atoms with van der Waals surface area (Å²) in [6.45, 7) is 7.30. The van der Waals surface area contributed by atoms with E-state index in [4.69, 9.17) is 5.73 Å². The van der Waals surface area contributed by atoms with Crippen LogP contribution in [0.1, 0.15) is 27.2 Å². The zero-order valence-corrected chi connectivity index (χ0v) is 11.3. The van der Waals surface area contributed by atoms with Gasteiger partial charge in [0.15, 0.2) is 0 Å². The van der Waals surface area contributed by atoms with E-state index in [1.165, 1.54) is 17.3 Å². The van der Waals surface area contributed by atoms with Crippen LogP contribution in [0.5, 0.6) is 0 Å². The fourth-order valence-electron chi connectivity index (χ4n) is 1.42. The minimum atomic E-state index is 0.152. The normalized spacial score (nSPS) is 11.5. The number of hydrogen-bond donors (Lipinski definition) is 2. The van der Waals surface area contributed by atoms with Gasteiger partial charge < -0.3 is 11.1 Å². The van der Waals surface area contributed by atoms with Crippen molar-refractivity contribution in [2.45, 2.75) is 27.2 Å². The Kier molecular flexibility index (Phi) is 3.59. The van der Waals surface area contributed by atoms with Crippen molar-refractivity contribution in [3.8, 4) is 5.95 Å². The molecule has 19 heavy (non-hydrogen) atoms. The van der Waals surface area contributed by atoms with Gasteiger partial charge in [0.1, 0.15) is 12.7 Å². The summed E-state index contributed by atoms with van der Waals surface area (Å²) >= 11 is 0. The molecule has 0 aliphatic rings. The summed E-state index contributed by atoms with van der Waals surface area (Å²) in [5, 5.41) is 7.10. The van der Waals surface area contributed by atoms with Crippen LogP contribution < -0.4 is 11.1 Å². The molecule has 0 saturated carbocycles. The first-order valence-corrected chi connectivity index (χ1v) is 6.04. The number of nitrogens with one attached hydrogen (secondary N) is 1. The molecule has 0 amide bonds. The van der Waals surface area contributed by atoms with Crippen molar-refractivity contribution in [3.05, 3.63) is 12.7 Å². The van der Waals surface area contributed by atoms with Crippen molar-refractivity contribution in [2.75, 3.05) is 17.6 Å². The average molecular weight is 262 g/mol. The Hall–Kier alpha value is -2.25. The molecular formula is C11H18N8. The zero-order chi connectivity index (χ0) is 13.9. The van der Waals surface area contributed by atoms with E-state index >= 15 is 0 Å². The summed E-state index contributed by atoms with van der Waals surface area (Å²) in [4.78, 5) is 16.1. The number of nitrogens with two attached hydrogens (primary N) is 1. The summed E-state index contributed by atoms with van der Waals surface area (Å²) in [5.74, 6) is 0.948. The van der Waals surface area contributed by atoms with E-state index in [9.17, 15) is 0 Å². The summed E-state index contributed by atoms with van der Waals surface area (Å²) in [7, 11) is 0. The van der Waals surface area contributed by atoms with Crippen LogP contribution in [0.2, 0.25) is 0 Å². The number of anilines is 2. The lowest BCUT2D eigenvalue weighted by Gasteiger charge is -2.18. The molecule has 0 fully saturated rings. The molecule has 2 aromatic rings. The van der Waals surface area contributed by atoms with E-state index < -0.39 is 0 Å². The molecule has 8 nitrogen and oxygen atoms in total. The van der Waals surface area contributed by atoms with Crippen LogP contribution in [-0.4, -0.2) is 36.3 Å². The van der Waals surface area contributed by atoms with Crippen molar-refractivity contribution >= 4 is 11.9 Å². The smallest absolute Gasteiger partial charge is 0.258 e. The molecule has 0 radical (unpaired) electrons. The molecule has 0 aliphatic heterocycles. The Morgan fingerprint density at radius 3 is 2.68 bits per heavy atom. The number of rotatable bonds is 4. The van der Waals surface area contributed by atoms with Crippen LogP contribution >= 0.6 is 0 Å². The average Bonchev–Trinajstić information content (AvgIpc) is 2.79. The third kappa shape index (κ3) is 3.87. The Morgan fingerprint density at radius 1 is 1.26 bits per heavy atom. The topological polar surface area (TPSA) is 107 Å². The number of hydrogen-bond acceptors (Lipinski definition) is 7. The fourth-order valence-corrected chi connectivity index (χ4v) is 1.42. The van der Waals surface area contributed by atoms with Gasteiger partial charge in [-0.15, -0.1) is 0 Å². The highest BCUT2D eigenvalue weighted by Crippen LogP contribution is 2.18. The van der Waals surface area contributed by atoms with E-state index in [1.54, 1.807) is 0 Å². The second-order valence-electron chi connectivity index (χ2n) is 5.39. The molecule has 0 atom stereocenters. The van der Waals surface area contributed by atoms with Crippen LogP contribution in [0.25, 0.3) is 5.95 Å². The molecule has 0 saturated heterocycles. The molecule has 0 unspecified atom stereocenters. The molecule has 0 spiro atoms. The van der Waals surface area contributed by atoms with E-state index in [0.717, 1.165) is 13.0 Å². The first-order valence-electron chi connectivity index (χ1n) is 6.04. The second-order valence-corrected chi connectivity index (χ2v) is 5.39. The molecule has 2 heterocycles. The molecule has 0 aliphatic carbocycles. The van der Waals surface area contributed by atoms with E-state index in [1.807, 2.05) is 0 Å². The number of nitrogen functional groups attached to an aromatic ring is 1. The summed E-state index contributed by atoms with van der Waals surface area (Å²) < 4.78 is 1.44. The van der Waals surface area contributed by atoms with Crippen LogP contribution in [0.3, 0.4) is 0 Å². The second kappa shape index (κ2) is 5.17. The first kappa shape index (κ1) is 13.2. The maximum absolute atomic E-state index is 5.66. The molecule has 102 valence electrons. The van der Waals surface area contributed by atoms with Crippen molar-refractivity contribution in [2.24, 2.45) is 5.41 Å². The monoisotopic (exact) mass is 262 g/mol. The zero-order valence-electron chi connectivity index (χ0n) is 11.3. The highest BCUT2D eigenvalue weighted by atomic mass is 15.4. The minimum Gasteiger partial charge on any atom is -0.368 e. The van der Waals surface area contributed by atoms with Crippen LogP contribution in [-0.2, 0) is 0 Å². The van der Waals surface area contributed by atoms with Crippen molar-refractivity contribution < 1.29 is 0 Å². The highest BCUT2D eigenvalue weighted by molar-refractivity contribution is 5.34. The molecule has 3 N–H and O–H groups in total. The predicted octanol–water partition coefficient (Wildman–Crippen LogP) is 0.883. The summed E-state index contributed by atoms with van der Waals surface area (Å²) in [6.07, 6.45) is 3.91. The first-order chi connectivity index (χ1) is 8.94. The lowest BCUT2D eigenvalue weighted by Crippen LogP contribution is -2.16. The minimum absolute atomic E-state index is 0.152. The number of nitrogens with zero attached hydrogens (tertiary/aromatic N) is 6. The van der Waals surface area contributed by atoms with Gasteiger partial charge in [0.05, 0.1) is 0 Å². The van der Waals surface area contributed by atoms with Gasteiger partial charge in [0.25, 0.3) is 5.95 Å². The van der Waals surface area contributed by atoms with Gasteiger partial charge in [-0.3, -0.25) is 0 Å². The van der Waals surface area contributed by atoms with Crippen LogP contribution in [0.4, 0.5) is 11.9 Å². The highest BCUT2D eigenvalue weighted by Gasteiger charge is 2.11. The predicted molar refractivity (Wildman–Crippen MR) is 71.7 cm³/mol. The van der Waals surface area contributed by atoms with Crippen molar-refractivity contribution in [1.29, 1.82) is 0 Å². The molecule has 2 rings (SSSR count). The third-order valence-electron chi connectivity index (χ3n) is 2.42. The molecular weight excluding hydrogens is 244 g/mol.